The lowest BCUT2D eigenvalue weighted by Crippen LogP contribution is -2.18. The van der Waals surface area contributed by atoms with Crippen molar-refractivity contribution in [2.75, 3.05) is 11.9 Å². The summed E-state index contributed by atoms with van der Waals surface area (Å²) in [7, 11) is 0. The van der Waals surface area contributed by atoms with Crippen molar-refractivity contribution >= 4 is 5.82 Å². The van der Waals surface area contributed by atoms with Crippen LogP contribution in [-0.2, 0) is 13.0 Å². The number of rotatable bonds is 2. The maximum absolute atomic E-state index is 4.28. The Bertz CT molecular complexity index is 288. The summed E-state index contributed by atoms with van der Waals surface area (Å²) in [5.74, 6) is 1.18. The quantitative estimate of drug-likeness (QED) is 0.668. The molecular weight excluding hydrogens is 150 g/mol. The van der Waals surface area contributed by atoms with E-state index < -0.39 is 0 Å². The maximum atomic E-state index is 4.28. The summed E-state index contributed by atoms with van der Waals surface area (Å²) in [6.07, 6.45) is 5.91. The number of fused-ring (bicyclic) bond motifs is 1. The van der Waals surface area contributed by atoms with Crippen LogP contribution in [0.15, 0.2) is 18.9 Å². The molecule has 0 atom stereocenters. The second-order valence-electron chi connectivity index (χ2n) is 3.01. The van der Waals surface area contributed by atoms with Crippen LogP contribution in [-0.4, -0.2) is 16.3 Å². The van der Waals surface area contributed by atoms with Crippen molar-refractivity contribution < 1.29 is 0 Å². The molecule has 0 radical (unpaired) electrons. The summed E-state index contributed by atoms with van der Waals surface area (Å²) in [6.45, 7) is 5.83. The van der Waals surface area contributed by atoms with Gasteiger partial charge in [-0.15, -0.1) is 6.58 Å². The van der Waals surface area contributed by atoms with Crippen LogP contribution in [0, 0.1) is 0 Å². The largest absolute Gasteiger partial charge is 0.370 e. The highest BCUT2D eigenvalue weighted by atomic mass is 15.3. The van der Waals surface area contributed by atoms with Gasteiger partial charge in [0.2, 0.25) is 0 Å². The van der Waals surface area contributed by atoms with E-state index in [9.17, 15) is 0 Å². The Kier molecular flexibility index (Phi) is 1.86. The minimum absolute atomic E-state index is 0.905. The molecule has 2 rings (SSSR count). The van der Waals surface area contributed by atoms with Gasteiger partial charge >= 0.3 is 0 Å². The predicted molar refractivity (Wildman–Crippen MR) is 49.2 cm³/mol. The third kappa shape index (κ3) is 1.11. The molecule has 12 heavy (non-hydrogen) atoms. The molecule has 1 aromatic rings. The minimum atomic E-state index is 0.905. The van der Waals surface area contributed by atoms with E-state index >= 15 is 0 Å². The number of anilines is 1. The van der Waals surface area contributed by atoms with Crippen LogP contribution in [0.25, 0.3) is 0 Å². The molecule has 1 N–H and O–H groups in total. The SMILES string of the molecule is C=CCc1cnn2c1NCCC2. The molecule has 0 saturated heterocycles. The summed E-state index contributed by atoms with van der Waals surface area (Å²) in [5, 5.41) is 7.63. The third-order valence-electron chi connectivity index (χ3n) is 2.12. The third-order valence-corrected chi connectivity index (χ3v) is 2.12. The standard InChI is InChI=1S/C9H13N3/c1-2-4-8-7-11-12-6-3-5-10-9(8)12/h2,7,10H,1,3-6H2. The summed E-state index contributed by atoms with van der Waals surface area (Å²) >= 11 is 0. The van der Waals surface area contributed by atoms with E-state index in [2.05, 4.69) is 17.0 Å². The van der Waals surface area contributed by atoms with E-state index in [1.54, 1.807) is 0 Å². The highest BCUT2D eigenvalue weighted by Crippen LogP contribution is 2.19. The van der Waals surface area contributed by atoms with Crippen molar-refractivity contribution in [2.45, 2.75) is 19.4 Å². The van der Waals surface area contributed by atoms with Crippen molar-refractivity contribution in [1.82, 2.24) is 9.78 Å². The van der Waals surface area contributed by atoms with Crippen molar-refractivity contribution in [2.24, 2.45) is 0 Å². The summed E-state index contributed by atoms with van der Waals surface area (Å²) in [6, 6.07) is 0. The molecule has 3 heteroatoms. The van der Waals surface area contributed by atoms with Gasteiger partial charge in [-0.25, -0.2) is 4.68 Å². The zero-order chi connectivity index (χ0) is 8.39. The molecule has 1 aromatic heterocycles. The Hall–Kier alpha value is -1.25. The fourth-order valence-corrected chi connectivity index (χ4v) is 1.54. The van der Waals surface area contributed by atoms with Gasteiger partial charge < -0.3 is 5.32 Å². The average Bonchev–Trinajstić information content (AvgIpc) is 2.50. The van der Waals surface area contributed by atoms with Crippen LogP contribution >= 0.6 is 0 Å². The van der Waals surface area contributed by atoms with Crippen LogP contribution < -0.4 is 5.32 Å². The van der Waals surface area contributed by atoms with Crippen LogP contribution in [0.3, 0.4) is 0 Å². The van der Waals surface area contributed by atoms with E-state index in [0.29, 0.717) is 0 Å². The lowest BCUT2D eigenvalue weighted by Gasteiger charge is -2.16. The lowest BCUT2D eigenvalue weighted by atomic mass is 10.2. The van der Waals surface area contributed by atoms with Gasteiger partial charge in [0.05, 0.1) is 6.20 Å². The first kappa shape index (κ1) is 7.40. The lowest BCUT2D eigenvalue weighted by molar-refractivity contribution is 0.567. The van der Waals surface area contributed by atoms with Gasteiger partial charge in [-0.05, 0) is 12.8 Å². The van der Waals surface area contributed by atoms with Gasteiger partial charge in [0.25, 0.3) is 0 Å². The van der Waals surface area contributed by atoms with E-state index in [1.165, 1.54) is 17.8 Å². The van der Waals surface area contributed by atoms with Crippen LogP contribution in [0.1, 0.15) is 12.0 Å². The van der Waals surface area contributed by atoms with Crippen LogP contribution in [0.4, 0.5) is 5.82 Å². The molecule has 0 bridgehead atoms. The van der Waals surface area contributed by atoms with Crippen molar-refractivity contribution in [3.63, 3.8) is 0 Å². The predicted octanol–water partition coefficient (Wildman–Crippen LogP) is 1.43. The van der Waals surface area contributed by atoms with Gasteiger partial charge in [0, 0.05) is 18.7 Å². The van der Waals surface area contributed by atoms with Crippen molar-refractivity contribution in [1.29, 1.82) is 0 Å². The van der Waals surface area contributed by atoms with Gasteiger partial charge in [-0.2, -0.15) is 5.10 Å². The van der Waals surface area contributed by atoms with E-state index in [0.717, 1.165) is 19.5 Å². The number of nitrogens with one attached hydrogen (secondary N) is 1. The zero-order valence-electron chi connectivity index (χ0n) is 7.08. The number of allylic oxidation sites excluding steroid dienone is 1. The average molecular weight is 163 g/mol. The maximum Gasteiger partial charge on any atom is 0.127 e. The second-order valence-corrected chi connectivity index (χ2v) is 3.01. The smallest absolute Gasteiger partial charge is 0.127 e. The molecule has 0 aliphatic carbocycles. The molecular formula is C9H13N3. The van der Waals surface area contributed by atoms with Crippen molar-refractivity contribution in [3.05, 3.63) is 24.4 Å². The first-order valence-corrected chi connectivity index (χ1v) is 4.31. The summed E-state index contributed by atoms with van der Waals surface area (Å²) < 4.78 is 2.03. The number of nitrogens with zero attached hydrogens (tertiary/aromatic N) is 2. The molecule has 2 heterocycles. The molecule has 0 saturated carbocycles. The highest BCUT2D eigenvalue weighted by molar-refractivity contribution is 5.45. The number of aryl methyl sites for hydroxylation is 1. The Morgan fingerprint density at radius 3 is 3.50 bits per heavy atom. The van der Waals surface area contributed by atoms with Gasteiger partial charge in [-0.3, -0.25) is 0 Å². The van der Waals surface area contributed by atoms with Crippen molar-refractivity contribution in [3.8, 4) is 0 Å². The minimum Gasteiger partial charge on any atom is -0.370 e. The molecule has 0 spiro atoms. The number of hydrogen-bond acceptors (Lipinski definition) is 2. The Balaban J connectivity index is 2.31. The van der Waals surface area contributed by atoms with Crippen LogP contribution in [0.2, 0.25) is 0 Å². The first-order chi connectivity index (χ1) is 5.92. The summed E-state index contributed by atoms with van der Waals surface area (Å²) in [5.41, 5.74) is 1.25. The monoisotopic (exact) mass is 163 g/mol. The fraction of sp³-hybridized carbons (Fsp3) is 0.444. The molecule has 0 fully saturated rings. The Morgan fingerprint density at radius 1 is 1.75 bits per heavy atom. The molecule has 64 valence electrons. The highest BCUT2D eigenvalue weighted by Gasteiger charge is 2.12. The molecule has 1 aliphatic heterocycles. The summed E-state index contributed by atoms with van der Waals surface area (Å²) in [4.78, 5) is 0. The molecule has 1 aliphatic rings. The first-order valence-electron chi connectivity index (χ1n) is 4.31. The topological polar surface area (TPSA) is 29.9 Å². The Morgan fingerprint density at radius 2 is 2.67 bits per heavy atom. The molecule has 0 amide bonds. The van der Waals surface area contributed by atoms with Gasteiger partial charge in [-0.1, -0.05) is 6.08 Å². The second kappa shape index (κ2) is 3.01. The van der Waals surface area contributed by atoms with Crippen LogP contribution in [0.5, 0.6) is 0 Å². The zero-order valence-corrected chi connectivity index (χ0v) is 7.08. The van der Waals surface area contributed by atoms with E-state index in [4.69, 9.17) is 0 Å². The number of aromatic nitrogens is 2. The van der Waals surface area contributed by atoms with E-state index in [1.807, 2.05) is 17.0 Å². The molecule has 3 nitrogen and oxygen atoms in total. The molecule has 0 unspecified atom stereocenters. The Labute approximate surface area is 72.1 Å². The molecule has 0 aromatic carbocycles. The van der Waals surface area contributed by atoms with E-state index in [-0.39, 0.29) is 0 Å². The normalized spacial score (nSPS) is 15.0. The van der Waals surface area contributed by atoms with Gasteiger partial charge in [0.1, 0.15) is 5.82 Å². The van der Waals surface area contributed by atoms with Gasteiger partial charge in [0.15, 0.2) is 0 Å². The fourth-order valence-electron chi connectivity index (χ4n) is 1.54. The number of hydrogen-bond donors (Lipinski definition) is 1.